The largest absolute Gasteiger partial charge is 0.482 e. The van der Waals surface area contributed by atoms with Gasteiger partial charge in [0, 0.05) is 6.42 Å². The zero-order chi connectivity index (χ0) is 21.1. The van der Waals surface area contributed by atoms with Crippen LogP contribution in [0.1, 0.15) is 11.1 Å². The van der Waals surface area contributed by atoms with E-state index in [1.165, 1.54) is 7.11 Å². The predicted molar refractivity (Wildman–Crippen MR) is 102 cm³/mol. The molecule has 2 aromatic carbocycles. The average molecular weight is 396 g/mol. The summed E-state index contributed by atoms with van der Waals surface area (Å²) < 4.78 is 14.8. The van der Waals surface area contributed by atoms with Gasteiger partial charge in [0.05, 0.1) is 18.7 Å². The Balaban J connectivity index is 1.79. The van der Waals surface area contributed by atoms with Crippen molar-refractivity contribution in [3.05, 3.63) is 65.7 Å². The number of carbonyl (C=O) groups is 3. The fraction of sp³-hybridized carbons (Fsp3) is 0.238. The number of nitrogens with one attached hydrogen (secondary N) is 1. The van der Waals surface area contributed by atoms with Crippen LogP contribution in [0.4, 0.5) is 0 Å². The maximum atomic E-state index is 12.0. The number of benzene rings is 2. The number of esters is 2. The Kier molecular flexibility index (Phi) is 8.20. The van der Waals surface area contributed by atoms with Gasteiger partial charge in [0.15, 0.2) is 13.2 Å². The van der Waals surface area contributed by atoms with Gasteiger partial charge in [-0.3, -0.25) is 4.79 Å². The van der Waals surface area contributed by atoms with E-state index < -0.39 is 37.1 Å². The van der Waals surface area contributed by atoms with E-state index >= 15 is 0 Å². The highest BCUT2D eigenvalue weighted by atomic mass is 16.6. The lowest BCUT2D eigenvalue weighted by atomic mass is 10.1. The summed E-state index contributed by atoms with van der Waals surface area (Å²) in [4.78, 5) is 35.7. The maximum absolute atomic E-state index is 12.0. The highest BCUT2D eigenvalue weighted by Crippen LogP contribution is 2.11. The Morgan fingerprint density at radius 2 is 1.72 bits per heavy atom. The first-order valence-electron chi connectivity index (χ1n) is 8.71. The molecule has 29 heavy (non-hydrogen) atoms. The van der Waals surface area contributed by atoms with E-state index in [-0.39, 0.29) is 6.42 Å². The Morgan fingerprint density at radius 3 is 2.34 bits per heavy atom. The third kappa shape index (κ3) is 7.34. The van der Waals surface area contributed by atoms with Crippen LogP contribution in [0.15, 0.2) is 54.6 Å². The van der Waals surface area contributed by atoms with Crippen LogP contribution in [-0.4, -0.2) is 44.2 Å². The van der Waals surface area contributed by atoms with Gasteiger partial charge in [0.1, 0.15) is 11.8 Å². The summed E-state index contributed by atoms with van der Waals surface area (Å²) in [5.41, 5.74) is 1.31. The summed E-state index contributed by atoms with van der Waals surface area (Å²) in [6.45, 7) is -0.957. The van der Waals surface area contributed by atoms with Gasteiger partial charge in [-0.2, -0.15) is 5.26 Å². The van der Waals surface area contributed by atoms with E-state index in [0.29, 0.717) is 11.3 Å². The first kappa shape index (κ1) is 21.4. The minimum atomic E-state index is -0.900. The molecule has 0 bridgehead atoms. The van der Waals surface area contributed by atoms with Crippen LogP contribution >= 0.6 is 0 Å². The summed E-state index contributed by atoms with van der Waals surface area (Å²) >= 11 is 0. The van der Waals surface area contributed by atoms with E-state index in [4.69, 9.17) is 19.5 Å². The molecule has 2 rings (SSSR count). The first-order chi connectivity index (χ1) is 14.0. The smallest absolute Gasteiger partial charge is 0.344 e. The Labute approximate surface area is 168 Å². The van der Waals surface area contributed by atoms with Gasteiger partial charge in [-0.15, -0.1) is 0 Å². The SMILES string of the molecule is COC(=O)[C@@H](Cc1ccccc1)NC(=O)COC(=O)COc1ccc(C#N)cc1. The van der Waals surface area contributed by atoms with Crippen molar-refractivity contribution in [2.24, 2.45) is 0 Å². The Morgan fingerprint density at radius 1 is 1.03 bits per heavy atom. The summed E-state index contributed by atoms with van der Waals surface area (Å²) in [6, 6.07) is 16.4. The molecule has 0 aromatic heterocycles. The zero-order valence-electron chi connectivity index (χ0n) is 15.8. The van der Waals surface area contributed by atoms with E-state index in [2.05, 4.69) is 5.32 Å². The lowest BCUT2D eigenvalue weighted by Crippen LogP contribution is -2.44. The van der Waals surface area contributed by atoms with Gasteiger partial charge in [-0.1, -0.05) is 30.3 Å². The van der Waals surface area contributed by atoms with Gasteiger partial charge >= 0.3 is 11.9 Å². The number of rotatable bonds is 9. The quantitative estimate of drug-likeness (QED) is 0.637. The Bertz CT molecular complexity index is 874. The monoisotopic (exact) mass is 396 g/mol. The normalized spacial score (nSPS) is 10.9. The van der Waals surface area contributed by atoms with Crippen molar-refractivity contribution in [3.8, 4) is 11.8 Å². The lowest BCUT2D eigenvalue weighted by molar-refractivity contribution is -0.151. The number of carbonyl (C=O) groups excluding carboxylic acids is 3. The van der Waals surface area contributed by atoms with Crippen molar-refractivity contribution in [2.75, 3.05) is 20.3 Å². The highest BCUT2D eigenvalue weighted by Gasteiger charge is 2.22. The molecule has 1 N–H and O–H groups in total. The van der Waals surface area contributed by atoms with Crippen molar-refractivity contribution in [1.29, 1.82) is 5.26 Å². The lowest BCUT2D eigenvalue weighted by Gasteiger charge is -2.16. The molecule has 1 atom stereocenters. The Hall–Kier alpha value is -3.86. The molecule has 0 saturated carbocycles. The number of nitrogens with zero attached hydrogens (tertiary/aromatic N) is 1. The van der Waals surface area contributed by atoms with E-state index in [0.717, 1.165) is 5.56 Å². The van der Waals surface area contributed by atoms with Crippen molar-refractivity contribution in [3.63, 3.8) is 0 Å². The third-order valence-electron chi connectivity index (χ3n) is 3.81. The molecule has 0 heterocycles. The summed E-state index contributed by atoms with van der Waals surface area (Å²) in [7, 11) is 1.23. The maximum Gasteiger partial charge on any atom is 0.344 e. The van der Waals surface area contributed by atoms with Crippen molar-refractivity contribution < 1.29 is 28.6 Å². The first-order valence-corrected chi connectivity index (χ1v) is 8.71. The predicted octanol–water partition coefficient (Wildman–Crippen LogP) is 1.38. The van der Waals surface area contributed by atoms with Gasteiger partial charge in [-0.05, 0) is 29.8 Å². The molecule has 0 aliphatic rings. The summed E-state index contributed by atoms with van der Waals surface area (Å²) in [5, 5.41) is 11.2. The number of ether oxygens (including phenoxy) is 3. The second-order valence-corrected chi connectivity index (χ2v) is 5.92. The molecular formula is C21H20N2O6. The van der Waals surface area contributed by atoms with Crippen LogP contribution in [-0.2, 0) is 30.3 Å². The van der Waals surface area contributed by atoms with Crippen molar-refractivity contribution in [2.45, 2.75) is 12.5 Å². The van der Waals surface area contributed by atoms with Gasteiger partial charge in [0.25, 0.3) is 5.91 Å². The van der Waals surface area contributed by atoms with Crippen LogP contribution in [0, 0.1) is 11.3 Å². The molecule has 0 aliphatic heterocycles. The van der Waals surface area contributed by atoms with Crippen LogP contribution in [0.3, 0.4) is 0 Å². The second-order valence-electron chi connectivity index (χ2n) is 5.92. The van der Waals surface area contributed by atoms with E-state index in [1.54, 1.807) is 24.3 Å². The van der Waals surface area contributed by atoms with Gasteiger partial charge in [-0.25, -0.2) is 9.59 Å². The fourth-order valence-electron chi connectivity index (χ4n) is 2.38. The summed E-state index contributed by atoms with van der Waals surface area (Å²) in [5.74, 6) is -1.60. The van der Waals surface area contributed by atoms with E-state index in [1.807, 2.05) is 36.4 Å². The molecule has 0 fully saturated rings. The van der Waals surface area contributed by atoms with Crippen molar-refractivity contribution in [1.82, 2.24) is 5.32 Å². The molecule has 0 spiro atoms. The molecule has 0 saturated heterocycles. The number of nitriles is 1. The topological polar surface area (TPSA) is 115 Å². The number of hydrogen-bond acceptors (Lipinski definition) is 7. The molecular weight excluding hydrogens is 376 g/mol. The van der Waals surface area contributed by atoms with Crippen LogP contribution in [0.2, 0.25) is 0 Å². The standard InChI is InChI=1S/C21H20N2O6/c1-27-21(26)18(11-15-5-3-2-4-6-15)23-19(24)13-29-20(25)14-28-17-9-7-16(12-22)8-10-17/h2-10,18H,11,13-14H2,1H3,(H,23,24)/t18-/m1/s1. The number of methoxy groups -OCH3 is 1. The van der Waals surface area contributed by atoms with Crippen molar-refractivity contribution >= 4 is 17.8 Å². The molecule has 2 aromatic rings. The van der Waals surface area contributed by atoms with E-state index in [9.17, 15) is 14.4 Å². The fourth-order valence-corrected chi connectivity index (χ4v) is 2.38. The van der Waals surface area contributed by atoms with Crippen LogP contribution in [0.5, 0.6) is 5.75 Å². The second kappa shape index (κ2) is 11.1. The molecule has 0 unspecified atom stereocenters. The highest BCUT2D eigenvalue weighted by molar-refractivity contribution is 5.86. The molecule has 1 amide bonds. The molecule has 0 radical (unpaired) electrons. The third-order valence-corrected chi connectivity index (χ3v) is 3.81. The molecule has 8 nitrogen and oxygen atoms in total. The van der Waals surface area contributed by atoms with Crippen LogP contribution < -0.4 is 10.1 Å². The van der Waals surface area contributed by atoms with Crippen LogP contribution in [0.25, 0.3) is 0 Å². The molecule has 150 valence electrons. The minimum Gasteiger partial charge on any atom is -0.482 e. The molecule has 0 aliphatic carbocycles. The number of amides is 1. The van der Waals surface area contributed by atoms with Gasteiger partial charge in [0.2, 0.25) is 0 Å². The zero-order valence-corrected chi connectivity index (χ0v) is 15.8. The number of hydrogen-bond donors (Lipinski definition) is 1. The minimum absolute atomic E-state index is 0.245. The molecule has 8 heteroatoms. The summed E-state index contributed by atoms with van der Waals surface area (Å²) in [6.07, 6.45) is 0.245. The average Bonchev–Trinajstić information content (AvgIpc) is 2.76. The van der Waals surface area contributed by atoms with Gasteiger partial charge < -0.3 is 19.5 Å².